The van der Waals surface area contributed by atoms with Gasteiger partial charge in [-0.1, -0.05) is 48.5 Å². The summed E-state index contributed by atoms with van der Waals surface area (Å²) < 4.78 is 0. The summed E-state index contributed by atoms with van der Waals surface area (Å²) in [5.74, 6) is 0. The quantitative estimate of drug-likeness (QED) is 0.601. The predicted molar refractivity (Wildman–Crippen MR) is 70.8 cm³/mol. The molecule has 1 nitrogen and oxygen atoms in total. The number of aryl methyl sites for hydroxylation is 1. The second-order valence-electron chi connectivity index (χ2n) is 4.12. The zero-order valence-electron chi connectivity index (χ0n) is 9.64. The lowest BCUT2D eigenvalue weighted by Gasteiger charge is -2.07. The summed E-state index contributed by atoms with van der Waals surface area (Å²) in [5, 5.41) is 2.44. The molecular weight excluding hydrogens is 206 g/mol. The van der Waals surface area contributed by atoms with Gasteiger partial charge in [0.25, 0.3) is 0 Å². The minimum Gasteiger partial charge on any atom is -0.252 e. The lowest BCUT2D eigenvalue weighted by atomic mass is 10.0. The number of aromatic nitrogens is 1. The van der Waals surface area contributed by atoms with Crippen LogP contribution in [0.2, 0.25) is 0 Å². The molecule has 0 aliphatic heterocycles. The molecule has 0 spiro atoms. The Morgan fingerprint density at radius 3 is 2.59 bits per heavy atom. The Kier molecular flexibility index (Phi) is 2.37. The lowest BCUT2D eigenvalue weighted by Crippen LogP contribution is -1.89. The number of nitrogens with zero attached hydrogens (tertiary/aromatic N) is 1. The van der Waals surface area contributed by atoms with E-state index in [0.717, 1.165) is 17.0 Å². The molecule has 0 unspecified atom stereocenters. The van der Waals surface area contributed by atoms with E-state index in [2.05, 4.69) is 41.4 Å². The van der Waals surface area contributed by atoms with E-state index in [4.69, 9.17) is 0 Å². The molecule has 2 aromatic carbocycles. The smallest absolute Gasteiger partial charge is 0.0783 e. The summed E-state index contributed by atoms with van der Waals surface area (Å²) in [6.07, 6.45) is 0. The van der Waals surface area contributed by atoms with Gasteiger partial charge >= 0.3 is 0 Å². The third-order valence-corrected chi connectivity index (χ3v) is 2.86. The second kappa shape index (κ2) is 4.02. The van der Waals surface area contributed by atoms with Crippen molar-refractivity contribution in [3.05, 3.63) is 66.4 Å². The molecular formula is C16H12N. The van der Waals surface area contributed by atoms with Crippen molar-refractivity contribution >= 4 is 10.8 Å². The van der Waals surface area contributed by atoms with Crippen LogP contribution < -0.4 is 0 Å². The van der Waals surface area contributed by atoms with Gasteiger partial charge in [-0.3, -0.25) is 4.98 Å². The van der Waals surface area contributed by atoms with Crippen LogP contribution in [0.4, 0.5) is 0 Å². The van der Waals surface area contributed by atoms with Crippen LogP contribution in [0.1, 0.15) is 5.69 Å². The van der Waals surface area contributed by atoms with Gasteiger partial charge in [0.1, 0.15) is 0 Å². The van der Waals surface area contributed by atoms with Crippen LogP contribution in [0, 0.1) is 13.0 Å². The van der Waals surface area contributed by atoms with Gasteiger partial charge in [0.05, 0.1) is 5.69 Å². The van der Waals surface area contributed by atoms with E-state index in [1.54, 1.807) is 0 Å². The first kappa shape index (κ1) is 10.0. The normalized spacial score (nSPS) is 10.6. The Balaban J connectivity index is 2.36. The molecule has 0 amide bonds. The maximum absolute atomic E-state index is 4.66. The molecule has 0 atom stereocenters. The molecule has 0 aliphatic rings. The summed E-state index contributed by atoms with van der Waals surface area (Å²) in [5.41, 5.74) is 3.24. The molecule has 0 bridgehead atoms. The van der Waals surface area contributed by atoms with E-state index in [9.17, 15) is 0 Å². The average Bonchev–Trinajstić information content (AvgIpc) is 2.39. The zero-order chi connectivity index (χ0) is 11.7. The van der Waals surface area contributed by atoms with Crippen molar-refractivity contribution in [2.24, 2.45) is 0 Å². The topological polar surface area (TPSA) is 12.9 Å². The first-order chi connectivity index (χ1) is 8.34. The van der Waals surface area contributed by atoms with Crippen molar-refractivity contribution in [3.8, 4) is 11.3 Å². The van der Waals surface area contributed by atoms with Crippen molar-refractivity contribution in [2.75, 3.05) is 0 Å². The Labute approximate surface area is 101 Å². The molecule has 1 aromatic heterocycles. The van der Waals surface area contributed by atoms with Gasteiger partial charge < -0.3 is 0 Å². The summed E-state index contributed by atoms with van der Waals surface area (Å²) in [6, 6.07) is 21.5. The van der Waals surface area contributed by atoms with Gasteiger partial charge in [-0.2, -0.15) is 0 Å². The Morgan fingerprint density at radius 1 is 1.00 bits per heavy atom. The summed E-state index contributed by atoms with van der Waals surface area (Å²) in [4.78, 5) is 4.66. The fraction of sp³-hybridized carbons (Fsp3) is 0.0625. The second-order valence-corrected chi connectivity index (χ2v) is 4.12. The first-order valence-corrected chi connectivity index (χ1v) is 5.67. The maximum Gasteiger partial charge on any atom is 0.0783 e. The minimum atomic E-state index is 1.05. The third-order valence-electron chi connectivity index (χ3n) is 2.86. The minimum absolute atomic E-state index is 1.05. The van der Waals surface area contributed by atoms with Crippen LogP contribution in [-0.4, -0.2) is 4.98 Å². The van der Waals surface area contributed by atoms with E-state index in [0.29, 0.717) is 0 Å². The van der Waals surface area contributed by atoms with Crippen molar-refractivity contribution in [1.82, 2.24) is 4.98 Å². The van der Waals surface area contributed by atoms with Crippen molar-refractivity contribution in [1.29, 1.82) is 0 Å². The number of pyridine rings is 1. The van der Waals surface area contributed by atoms with Gasteiger partial charge in [0.15, 0.2) is 0 Å². The number of hydrogen-bond donors (Lipinski definition) is 0. The van der Waals surface area contributed by atoms with Gasteiger partial charge in [-0.15, -0.1) is 0 Å². The summed E-state index contributed by atoms with van der Waals surface area (Å²) in [6.45, 7) is 2.03. The predicted octanol–water partition coefficient (Wildman–Crippen LogP) is 4.01. The van der Waals surface area contributed by atoms with Gasteiger partial charge in [-0.05, 0) is 24.4 Å². The summed E-state index contributed by atoms with van der Waals surface area (Å²) >= 11 is 0. The highest BCUT2D eigenvalue weighted by atomic mass is 14.7. The lowest BCUT2D eigenvalue weighted by molar-refractivity contribution is 1.23. The number of fused-ring (bicyclic) bond motifs is 1. The van der Waals surface area contributed by atoms with Crippen LogP contribution in [0.25, 0.3) is 22.0 Å². The average molecular weight is 218 g/mol. The number of rotatable bonds is 1. The van der Waals surface area contributed by atoms with Gasteiger partial charge in [0.2, 0.25) is 0 Å². The van der Waals surface area contributed by atoms with E-state index in [-0.39, 0.29) is 0 Å². The van der Waals surface area contributed by atoms with E-state index < -0.39 is 0 Å². The SMILES string of the molecule is Cc1cc2ccccc2c(-c2cc[c]cc2)n1. The van der Waals surface area contributed by atoms with Crippen LogP contribution in [0.15, 0.2) is 54.6 Å². The Morgan fingerprint density at radius 2 is 1.76 bits per heavy atom. The number of hydrogen-bond acceptors (Lipinski definition) is 1. The molecule has 81 valence electrons. The van der Waals surface area contributed by atoms with Crippen molar-refractivity contribution in [3.63, 3.8) is 0 Å². The van der Waals surface area contributed by atoms with E-state index in [1.165, 1.54) is 10.8 Å². The van der Waals surface area contributed by atoms with Crippen LogP contribution in [-0.2, 0) is 0 Å². The van der Waals surface area contributed by atoms with Crippen LogP contribution in [0.3, 0.4) is 0 Å². The zero-order valence-corrected chi connectivity index (χ0v) is 9.64. The largest absolute Gasteiger partial charge is 0.252 e. The molecule has 3 rings (SSSR count). The Bertz CT molecular complexity index is 657. The monoisotopic (exact) mass is 218 g/mol. The fourth-order valence-electron chi connectivity index (χ4n) is 2.10. The maximum atomic E-state index is 4.66. The van der Waals surface area contributed by atoms with Crippen molar-refractivity contribution < 1.29 is 0 Å². The van der Waals surface area contributed by atoms with Crippen LogP contribution in [0.5, 0.6) is 0 Å². The van der Waals surface area contributed by atoms with E-state index in [1.807, 2.05) is 31.2 Å². The Hall–Kier alpha value is -2.15. The molecule has 1 radical (unpaired) electrons. The highest BCUT2D eigenvalue weighted by Gasteiger charge is 2.05. The molecule has 17 heavy (non-hydrogen) atoms. The highest BCUT2D eigenvalue weighted by Crippen LogP contribution is 2.26. The number of benzene rings is 2. The molecule has 0 fully saturated rings. The fourth-order valence-corrected chi connectivity index (χ4v) is 2.10. The van der Waals surface area contributed by atoms with Crippen molar-refractivity contribution in [2.45, 2.75) is 6.92 Å². The molecule has 1 heteroatoms. The first-order valence-electron chi connectivity index (χ1n) is 5.67. The molecule has 3 aromatic rings. The molecule has 0 aliphatic carbocycles. The van der Waals surface area contributed by atoms with Gasteiger partial charge in [-0.25, -0.2) is 0 Å². The third kappa shape index (κ3) is 1.80. The summed E-state index contributed by atoms with van der Waals surface area (Å²) in [7, 11) is 0. The molecule has 0 saturated heterocycles. The highest BCUT2D eigenvalue weighted by molar-refractivity contribution is 5.94. The van der Waals surface area contributed by atoms with E-state index >= 15 is 0 Å². The van der Waals surface area contributed by atoms with Gasteiger partial charge in [0, 0.05) is 16.6 Å². The standard InChI is InChI=1S/C16H12N/c1-12-11-14-9-5-6-10-15(14)16(17-12)13-7-3-2-4-8-13/h3-11H,1H3. The molecule has 0 N–H and O–H groups in total. The molecule has 0 saturated carbocycles. The molecule has 1 heterocycles. The van der Waals surface area contributed by atoms with Crippen LogP contribution >= 0.6 is 0 Å².